The summed E-state index contributed by atoms with van der Waals surface area (Å²) in [5.41, 5.74) is 2.62. The van der Waals surface area contributed by atoms with Crippen molar-refractivity contribution < 1.29 is 9.90 Å². The van der Waals surface area contributed by atoms with E-state index in [0.29, 0.717) is 0 Å². The molecule has 0 fully saturated rings. The smallest absolute Gasteiger partial charge is 0.353 e. The molecule has 0 aromatic carbocycles. The first kappa shape index (κ1) is 5.46. The number of aliphatic carboxylic acids is 1. The summed E-state index contributed by atoms with van der Waals surface area (Å²) in [4.78, 5) is 12.6. The van der Waals surface area contributed by atoms with Gasteiger partial charge in [-0.1, -0.05) is 0 Å². The number of carboxylic acid groups (broad SMARTS) is 1. The molecule has 0 spiro atoms. The van der Waals surface area contributed by atoms with Gasteiger partial charge in [0.05, 0.1) is 0 Å². The monoisotopic (exact) mass is 132 g/mol. The molecule has 3 N–H and O–H groups in total. The van der Waals surface area contributed by atoms with Crippen LogP contribution in [0.25, 0.3) is 0 Å². The second kappa shape index (κ2) is 2.06. The number of carbonyl (C=O) groups is 1. The van der Waals surface area contributed by atoms with E-state index in [1.807, 2.05) is 0 Å². The highest BCUT2D eigenvalue weighted by Gasteiger charge is 2.09. The Kier molecular flexibility index (Phi) is 1.40. The van der Waals surface area contributed by atoms with E-state index in [4.69, 9.17) is 5.11 Å². The lowest BCUT2D eigenvalue weighted by Gasteiger charge is -1.92. The Morgan fingerprint density at radius 1 is 1.88 bits per heavy atom. The lowest BCUT2D eigenvalue weighted by Crippen LogP contribution is -2.23. The minimum absolute atomic E-state index is 0.190. The Morgan fingerprint density at radius 2 is 2.62 bits per heavy atom. The van der Waals surface area contributed by atoms with Gasteiger partial charge < -0.3 is 10.5 Å². The predicted octanol–water partition coefficient (Wildman–Crippen LogP) is -0.332. The molecule has 0 aliphatic carbocycles. The number of hydrazine groups is 1. The van der Waals surface area contributed by atoms with Crippen LogP contribution >= 0.6 is 11.9 Å². The largest absolute Gasteiger partial charge is 0.477 e. The van der Waals surface area contributed by atoms with Crippen molar-refractivity contribution in [3.63, 3.8) is 0 Å². The number of nitrogens with one attached hydrogen (secondary N) is 2. The number of hydrogen-bond acceptors (Lipinski definition) is 4. The Hall–Kier alpha value is -0.680. The van der Waals surface area contributed by atoms with Gasteiger partial charge in [0, 0.05) is 5.41 Å². The zero-order chi connectivity index (χ0) is 5.98. The molecule has 44 valence electrons. The van der Waals surface area contributed by atoms with Gasteiger partial charge in [-0.25, -0.2) is 4.79 Å². The highest BCUT2D eigenvalue weighted by molar-refractivity contribution is 8.00. The molecule has 1 rings (SSSR count). The summed E-state index contributed by atoms with van der Waals surface area (Å²) in [5, 5.41) is 9.72. The molecule has 0 radical (unpaired) electrons. The Morgan fingerprint density at radius 3 is 2.88 bits per heavy atom. The van der Waals surface area contributed by atoms with Gasteiger partial charge in [-0.3, -0.25) is 0 Å². The van der Waals surface area contributed by atoms with Crippen molar-refractivity contribution >= 4 is 17.9 Å². The summed E-state index contributed by atoms with van der Waals surface area (Å²) in [5.74, 6) is -0.942. The van der Waals surface area contributed by atoms with Crippen LogP contribution < -0.4 is 10.3 Å². The fraction of sp³-hybridized carbons (Fsp3) is 0. The Labute approximate surface area is 50.1 Å². The van der Waals surface area contributed by atoms with Gasteiger partial charge in [0.1, 0.15) is 5.70 Å². The van der Waals surface area contributed by atoms with E-state index < -0.39 is 5.97 Å². The van der Waals surface area contributed by atoms with Gasteiger partial charge in [0.15, 0.2) is 0 Å². The van der Waals surface area contributed by atoms with Crippen LogP contribution in [0.5, 0.6) is 0 Å². The molecule has 0 saturated carbocycles. The second-order valence-electron chi connectivity index (χ2n) is 1.18. The third-order valence-corrected chi connectivity index (χ3v) is 1.23. The second-order valence-corrected chi connectivity index (χ2v) is 1.86. The maximum atomic E-state index is 10.0. The molecular weight excluding hydrogens is 128 g/mol. The summed E-state index contributed by atoms with van der Waals surface area (Å²) < 4.78 is 0. The molecule has 0 bridgehead atoms. The number of hydrogen-bond donors (Lipinski definition) is 3. The molecule has 0 saturated heterocycles. The molecule has 5 heteroatoms. The topological polar surface area (TPSA) is 61.4 Å². The summed E-state index contributed by atoms with van der Waals surface area (Å²) >= 11 is 1.21. The molecule has 1 aliphatic rings. The summed E-state index contributed by atoms with van der Waals surface area (Å²) in [6, 6.07) is 0. The van der Waals surface area contributed by atoms with E-state index in [2.05, 4.69) is 10.3 Å². The van der Waals surface area contributed by atoms with Crippen molar-refractivity contribution in [3.05, 3.63) is 11.1 Å². The van der Waals surface area contributed by atoms with E-state index in [-0.39, 0.29) is 5.70 Å². The fourth-order valence-corrected chi connectivity index (χ4v) is 0.812. The van der Waals surface area contributed by atoms with Crippen LogP contribution in [0.3, 0.4) is 0 Å². The molecular formula is C3H4N2O2S. The number of rotatable bonds is 1. The van der Waals surface area contributed by atoms with Gasteiger partial charge in [0.2, 0.25) is 0 Å². The zero-order valence-corrected chi connectivity index (χ0v) is 4.66. The lowest BCUT2D eigenvalue weighted by molar-refractivity contribution is -0.133. The molecule has 1 heterocycles. The summed E-state index contributed by atoms with van der Waals surface area (Å²) in [6.45, 7) is 0. The Bertz CT molecular complexity index is 144. The molecule has 0 aromatic heterocycles. The summed E-state index contributed by atoms with van der Waals surface area (Å²) in [6.07, 6.45) is 0. The normalized spacial score (nSPS) is 17.2. The minimum Gasteiger partial charge on any atom is -0.477 e. The van der Waals surface area contributed by atoms with Crippen LogP contribution in [0.15, 0.2) is 11.1 Å². The molecule has 1 aliphatic heterocycles. The molecule has 0 aromatic rings. The van der Waals surface area contributed by atoms with Crippen LogP contribution in [0, 0.1) is 0 Å². The van der Waals surface area contributed by atoms with Crippen molar-refractivity contribution in [2.75, 3.05) is 0 Å². The quantitative estimate of drug-likeness (QED) is 0.426. The van der Waals surface area contributed by atoms with Crippen molar-refractivity contribution in [2.45, 2.75) is 0 Å². The highest BCUT2D eigenvalue weighted by atomic mass is 32.2. The average molecular weight is 132 g/mol. The third-order valence-electron chi connectivity index (χ3n) is 0.652. The number of carboxylic acids is 1. The third kappa shape index (κ3) is 0.932. The van der Waals surface area contributed by atoms with E-state index >= 15 is 0 Å². The van der Waals surface area contributed by atoms with Crippen molar-refractivity contribution in [2.24, 2.45) is 0 Å². The molecule has 0 atom stereocenters. The van der Waals surface area contributed by atoms with E-state index in [1.165, 1.54) is 17.4 Å². The Balaban J connectivity index is 2.57. The van der Waals surface area contributed by atoms with E-state index in [9.17, 15) is 4.79 Å². The predicted molar refractivity (Wildman–Crippen MR) is 29.6 cm³/mol. The van der Waals surface area contributed by atoms with Crippen LogP contribution in [0.2, 0.25) is 0 Å². The van der Waals surface area contributed by atoms with Gasteiger partial charge in [-0.05, 0) is 11.9 Å². The summed E-state index contributed by atoms with van der Waals surface area (Å²) in [7, 11) is 0. The minimum atomic E-state index is -0.942. The standard InChI is InChI=1S/C3H4N2O2S/c6-3(7)2-1-8-5-4-2/h1,4-5H,(H,6,7). The van der Waals surface area contributed by atoms with Crippen molar-refractivity contribution in [1.29, 1.82) is 0 Å². The van der Waals surface area contributed by atoms with Crippen molar-refractivity contribution in [1.82, 2.24) is 10.3 Å². The van der Waals surface area contributed by atoms with E-state index in [0.717, 1.165) is 0 Å². The molecule has 4 nitrogen and oxygen atoms in total. The van der Waals surface area contributed by atoms with Crippen LogP contribution in [-0.2, 0) is 4.79 Å². The first-order valence-corrected chi connectivity index (χ1v) is 2.79. The highest BCUT2D eigenvalue weighted by Crippen LogP contribution is 2.05. The SMILES string of the molecule is O=C(O)C1=CSNN1. The average Bonchev–Trinajstić information content (AvgIpc) is 2.12. The fourth-order valence-electron chi connectivity index (χ4n) is 0.306. The maximum Gasteiger partial charge on any atom is 0.353 e. The van der Waals surface area contributed by atoms with Gasteiger partial charge in [0.25, 0.3) is 0 Å². The van der Waals surface area contributed by atoms with Crippen molar-refractivity contribution in [3.8, 4) is 0 Å². The zero-order valence-electron chi connectivity index (χ0n) is 3.84. The lowest BCUT2D eigenvalue weighted by atomic mass is 10.5. The van der Waals surface area contributed by atoms with Gasteiger partial charge in [-0.15, -0.1) is 0 Å². The molecule has 0 unspecified atom stereocenters. The first-order valence-electron chi connectivity index (χ1n) is 1.91. The van der Waals surface area contributed by atoms with Crippen LogP contribution in [0.4, 0.5) is 0 Å². The molecule has 0 amide bonds. The maximum absolute atomic E-state index is 10.0. The first-order chi connectivity index (χ1) is 3.80. The van der Waals surface area contributed by atoms with E-state index in [1.54, 1.807) is 0 Å². The van der Waals surface area contributed by atoms with Gasteiger partial charge in [-0.2, -0.15) is 4.83 Å². The van der Waals surface area contributed by atoms with Crippen LogP contribution in [-0.4, -0.2) is 11.1 Å². The molecule has 8 heavy (non-hydrogen) atoms. The van der Waals surface area contributed by atoms with Gasteiger partial charge >= 0.3 is 5.97 Å². The van der Waals surface area contributed by atoms with Crippen LogP contribution in [0.1, 0.15) is 0 Å².